The van der Waals surface area contributed by atoms with E-state index in [0.29, 0.717) is 19.3 Å². The molecule has 1 unspecified atom stereocenters. The maximum Gasteiger partial charge on any atom is 0.0700 e. The van der Waals surface area contributed by atoms with Crippen molar-refractivity contribution in [3.8, 4) is 0 Å². The van der Waals surface area contributed by atoms with E-state index in [-0.39, 0.29) is 12.4 Å². The van der Waals surface area contributed by atoms with Crippen LogP contribution in [0, 0.1) is 0 Å². The number of hydrogen-bond acceptors (Lipinski definition) is 4. The van der Waals surface area contributed by atoms with E-state index in [1.165, 1.54) is 19.4 Å². The summed E-state index contributed by atoms with van der Waals surface area (Å²) in [4.78, 5) is 2.42. The van der Waals surface area contributed by atoms with E-state index in [9.17, 15) is 0 Å². The summed E-state index contributed by atoms with van der Waals surface area (Å²) >= 11 is 0. The average molecular weight is 239 g/mol. The molecule has 1 aliphatic heterocycles. The van der Waals surface area contributed by atoms with Gasteiger partial charge in [0.1, 0.15) is 0 Å². The number of nitrogens with two attached hydrogens (primary N) is 1. The minimum atomic E-state index is 0. The van der Waals surface area contributed by atoms with Crippen LogP contribution in [-0.4, -0.2) is 57.5 Å². The minimum absolute atomic E-state index is 0. The number of hydrogen-bond donors (Lipinski definition) is 1. The van der Waals surface area contributed by atoms with Gasteiger partial charge < -0.3 is 15.2 Å². The van der Waals surface area contributed by atoms with Crippen LogP contribution in [-0.2, 0) is 9.47 Å². The molecule has 0 bridgehead atoms. The molecule has 4 nitrogen and oxygen atoms in total. The van der Waals surface area contributed by atoms with Gasteiger partial charge in [-0.15, -0.1) is 12.4 Å². The lowest BCUT2D eigenvalue weighted by Gasteiger charge is -2.22. The lowest BCUT2D eigenvalue weighted by atomic mass is 10.2. The van der Waals surface area contributed by atoms with Crippen molar-refractivity contribution < 1.29 is 9.47 Å². The molecule has 1 heterocycles. The predicted molar refractivity (Wildman–Crippen MR) is 63.6 cm³/mol. The van der Waals surface area contributed by atoms with E-state index >= 15 is 0 Å². The summed E-state index contributed by atoms with van der Waals surface area (Å²) in [5.74, 6) is 0. The number of ether oxygens (including phenoxy) is 2. The number of methoxy groups -OCH3 is 1. The molecule has 5 heteroatoms. The summed E-state index contributed by atoms with van der Waals surface area (Å²) in [5, 5.41) is 0. The number of halogens is 1. The van der Waals surface area contributed by atoms with Crippen LogP contribution in [0.4, 0.5) is 0 Å². The van der Waals surface area contributed by atoms with Gasteiger partial charge in [0, 0.05) is 26.2 Å². The highest BCUT2D eigenvalue weighted by Crippen LogP contribution is 2.14. The third-order valence-corrected chi connectivity index (χ3v) is 2.73. The normalized spacial score (nSPS) is 21.6. The zero-order valence-corrected chi connectivity index (χ0v) is 10.3. The summed E-state index contributed by atoms with van der Waals surface area (Å²) < 4.78 is 10.3. The van der Waals surface area contributed by atoms with Crippen molar-refractivity contribution in [3.05, 3.63) is 0 Å². The number of rotatable bonds is 7. The largest absolute Gasteiger partial charge is 0.382 e. The highest BCUT2D eigenvalue weighted by Gasteiger charge is 2.22. The third kappa shape index (κ3) is 5.68. The van der Waals surface area contributed by atoms with E-state index < -0.39 is 0 Å². The van der Waals surface area contributed by atoms with Crippen molar-refractivity contribution >= 4 is 12.4 Å². The minimum Gasteiger partial charge on any atom is -0.382 e. The molecule has 1 atom stereocenters. The second kappa shape index (κ2) is 9.36. The first kappa shape index (κ1) is 15.1. The maximum absolute atomic E-state index is 5.67. The van der Waals surface area contributed by atoms with Gasteiger partial charge in [-0.3, -0.25) is 4.90 Å². The lowest BCUT2D eigenvalue weighted by Crippen LogP contribution is -2.37. The van der Waals surface area contributed by atoms with Crippen molar-refractivity contribution in [1.29, 1.82) is 0 Å². The summed E-state index contributed by atoms with van der Waals surface area (Å²) in [7, 11) is 1.69. The molecule has 0 aromatic heterocycles. The van der Waals surface area contributed by atoms with Crippen molar-refractivity contribution in [2.45, 2.75) is 18.9 Å². The van der Waals surface area contributed by atoms with Gasteiger partial charge in [-0.25, -0.2) is 0 Å². The summed E-state index contributed by atoms with van der Waals surface area (Å²) in [6, 6.07) is 0.584. The van der Waals surface area contributed by atoms with Gasteiger partial charge in [-0.05, 0) is 19.4 Å². The van der Waals surface area contributed by atoms with Crippen molar-refractivity contribution in [3.63, 3.8) is 0 Å². The Morgan fingerprint density at radius 1 is 1.33 bits per heavy atom. The van der Waals surface area contributed by atoms with Gasteiger partial charge in [0.15, 0.2) is 0 Å². The summed E-state index contributed by atoms with van der Waals surface area (Å²) in [5.41, 5.74) is 5.67. The topological polar surface area (TPSA) is 47.7 Å². The first-order valence-corrected chi connectivity index (χ1v) is 5.39. The molecule has 0 aromatic carbocycles. The molecule has 1 rings (SSSR count). The monoisotopic (exact) mass is 238 g/mol. The third-order valence-electron chi connectivity index (χ3n) is 2.73. The van der Waals surface area contributed by atoms with Crippen LogP contribution in [0.25, 0.3) is 0 Å². The van der Waals surface area contributed by atoms with Gasteiger partial charge in [0.2, 0.25) is 0 Å². The van der Waals surface area contributed by atoms with Crippen LogP contribution in [0.15, 0.2) is 0 Å². The average Bonchev–Trinajstić information content (AvgIpc) is 2.65. The Morgan fingerprint density at radius 2 is 2.13 bits per heavy atom. The Bertz CT molecular complexity index is 149. The van der Waals surface area contributed by atoms with E-state index in [0.717, 1.165) is 19.7 Å². The standard InChI is InChI=1S/C10H22N2O2.ClH/c1-13-7-8-14-6-5-12-4-2-3-10(12)9-11;/h10H,2-9,11H2,1H3;1H. The molecule has 1 fully saturated rings. The molecule has 92 valence electrons. The molecule has 0 amide bonds. The maximum atomic E-state index is 5.67. The second-order valence-electron chi connectivity index (χ2n) is 3.67. The first-order chi connectivity index (χ1) is 6.88. The SMILES string of the molecule is COCCOCCN1CCCC1CN.Cl. The molecule has 0 saturated carbocycles. The zero-order valence-electron chi connectivity index (χ0n) is 9.48. The van der Waals surface area contributed by atoms with Crippen molar-refractivity contribution in [1.82, 2.24) is 4.90 Å². The van der Waals surface area contributed by atoms with Gasteiger partial charge >= 0.3 is 0 Å². The Labute approximate surface area is 98.5 Å². The van der Waals surface area contributed by atoms with E-state index in [4.69, 9.17) is 15.2 Å². The van der Waals surface area contributed by atoms with E-state index in [1.807, 2.05) is 0 Å². The van der Waals surface area contributed by atoms with Gasteiger partial charge in [-0.2, -0.15) is 0 Å². The zero-order chi connectivity index (χ0) is 10.2. The Balaban J connectivity index is 0.00000196. The van der Waals surface area contributed by atoms with Crippen LogP contribution in [0.5, 0.6) is 0 Å². The molecule has 0 radical (unpaired) electrons. The summed E-state index contributed by atoms with van der Waals surface area (Å²) in [6.07, 6.45) is 2.52. The quantitative estimate of drug-likeness (QED) is 0.656. The molecule has 15 heavy (non-hydrogen) atoms. The van der Waals surface area contributed by atoms with E-state index in [1.54, 1.807) is 7.11 Å². The molecular weight excluding hydrogens is 216 g/mol. The van der Waals surface area contributed by atoms with Crippen LogP contribution >= 0.6 is 12.4 Å². The second-order valence-corrected chi connectivity index (χ2v) is 3.67. The molecule has 2 N–H and O–H groups in total. The fourth-order valence-electron chi connectivity index (χ4n) is 1.88. The highest BCUT2D eigenvalue weighted by molar-refractivity contribution is 5.85. The predicted octanol–water partition coefficient (Wildman–Crippen LogP) is 0.494. The van der Waals surface area contributed by atoms with Gasteiger partial charge in [0.25, 0.3) is 0 Å². The van der Waals surface area contributed by atoms with Gasteiger partial charge in [0.05, 0.1) is 19.8 Å². The molecule has 0 spiro atoms. The Kier molecular flexibility index (Phi) is 9.44. The highest BCUT2D eigenvalue weighted by atomic mass is 35.5. The Morgan fingerprint density at radius 3 is 2.80 bits per heavy atom. The number of likely N-dealkylation sites (tertiary alicyclic amines) is 1. The molecule has 1 saturated heterocycles. The van der Waals surface area contributed by atoms with Crippen LogP contribution in [0.1, 0.15) is 12.8 Å². The molecule has 0 aliphatic carbocycles. The van der Waals surface area contributed by atoms with Crippen LogP contribution in [0.3, 0.4) is 0 Å². The van der Waals surface area contributed by atoms with Crippen molar-refractivity contribution in [2.75, 3.05) is 46.6 Å². The lowest BCUT2D eigenvalue weighted by molar-refractivity contribution is 0.0557. The van der Waals surface area contributed by atoms with Crippen LogP contribution in [0.2, 0.25) is 0 Å². The van der Waals surface area contributed by atoms with Crippen LogP contribution < -0.4 is 5.73 Å². The Hall–Kier alpha value is 0.130. The number of nitrogens with zero attached hydrogens (tertiary/aromatic N) is 1. The van der Waals surface area contributed by atoms with Crippen molar-refractivity contribution in [2.24, 2.45) is 5.73 Å². The van der Waals surface area contributed by atoms with Gasteiger partial charge in [-0.1, -0.05) is 0 Å². The van der Waals surface area contributed by atoms with E-state index in [2.05, 4.69) is 4.90 Å². The summed E-state index contributed by atoms with van der Waals surface area (Å²) in [6.45, 7) is 5.12. The smallest absolute Gasteiger partial charge is 0.0700 e. The molecule has 0 aromatic rings. The fraction of sp³-hybridized carbons (Fsp3) is 1.00. The molecular formula is C10H23ClN2O2. The fourth-order valence-corrected chi connectivity index (χ4v) is 1.88. The molecule has 1 aliphatic rings. The first-order valence-electron chi connectivity index (χ1n) is 5.39.